The molecule has 3 aromatic rings. The lowest BCUT2D eigenvalue weighted by atomic mass is 10.2. The lowest BCUT2D eigenvalue weighted by molar-refractivity contribution is -0.382. The quantitative estimate of drug-likeness (QED) is 0.500. The van der Waals surface area contributed by atoms with Gasteiger partial charge in [0.15, 0.2) is 0 Å². The third-order valence-corrected chi connectivity index (χ3v) is 5.09. The molecule has 0 saturated heterocycles. The molecule has 0 saturated carbocycles. The third kappa shape index (κ3) is 3.01. The Morgan fingerprint density at radius 1 is 1.17 bits per heavy atom. The van der Waals surface area contributed by atoms with Gasteiger partial charge >= 0.3 is 0 Å². The normalized spacial score (nSPS) is 10.7. The molecule has 0 bridgehead atoms. The maximum Gasteiger partial charge on any atom is 0.287 e. The van der Waals surface area contributed by atoms with Crippen LogP contribution in [0.15, 0.2) is 42.5 Å². The molecule has 23 heavy (non-hydrogen) atoms. The molecule has 0 aliphatic heterocycles. The molecule has 0 fully saturated rings. The SMILES string of the molecule is O=C(Nc1cccc(Cl)c1)c1sc2c([N+](=O)[O-])cccc2c1Cl. The summed E-state index contributed by atoms with van der Waals surface area (Å²) >= 11 is 13.1. The highest BCUT2D eigenvalue weighted by molar-refractivity contribution is 7.22. The van der Waals surface area contributed by atoms with Crippen molar-refractivity contribution in [3.05, 3.63) is 67.5 Å². The van der Waals surface area contributed by atoms with Crippen LogP contribution in [-0.2, 0) is 0 Å². The molecule has 1 aromatic heterocycles. The maximum atomic E-state index is 12.4. The van der Waals surface area contributed by atoms with Gasteiger partial charge in [-0.3, -0.25) is 14.9 Å². The number of thiophene rings is 1. The Morgan fingerprint density at radius 2 is 1.91 bits per heavy atom. The van der Waals surface area contributed by atoms with Crippen molar-refractivity contribution < 1.29 is 9.72 Å². The molecule has 0 unspecified atom stereocenters. The number of amides is 1. The number of nitrogens with zero attached hydrogens (tertiary/aromatic N) is 1. The van der Waals surface area contributed by atoms with E-state index in [1.54, 1.807) is 30.3 Å². The van der Waals surface area contributed by atoms with Crippen molar-refractivity contribution in [3.63, 3.8) is 0 Å². The fraction of sp³-hybridized carbons (Fsp3) is 0. The van der Waals surface area contributed by atoms with Gasteiger partial charge in [0, 0.05) is 22.2 Å². The van der Waals surface area contributed by atoms with Crippen LogP contribution in [0.25, 0.3) is 10.1 Å². The van der Waals surface area contributed by atoms with Crippen molar-refractivity contribution >= 4 is 61.9 Å². The Kier molecular flexibility index (Phi) is 4.21. The van der Waals surface area contributed by atoms with Crippen LogP contribution in [0.2, 0.25) is 10.0 Å². The second kappa shape index (κ2) is 6.16. The summed E-state index contributed by atoms with van der Waals surface area (Å²) in [6.45, 7) is 0. The summed E-state index contributed by atoms with van der Waals surface area (Å²) in [6.07, 6.45) is 0. The molecular formula is C15H8Cl2N2O3S. The topological polar surface area (TPSA) is 72.2 Å². The van der Waals surface area contributed by atoms with Crippen LogP contribution < -0.4 is 5.32 Å². The number of nitro groups is 1. The zero-order valence-corrected chi connectivity index (χ0v) is 13.7. The first-order valence-electron chi connectivity index (χ1n) is 6.39. The number of carbonyl (C=O) groups is 1. The molecule has 0 atom stereocenters. The molecule has 2 aromatic carbocycles. The number of fused-ring (bicyclic) bond motifs is 1. The summed E-state index contributed by atoms with van der Waals surface area (Å²) in [5.74, 6) is -0.437. The molecule has 1 amide bonds. The molecule has 3 rings (SSSR count). The summed E-state index contributed by atoms with van der Waals surface area (Å²) in [7, 11) is 0. The van der Waals surface area contributed by atoms with Crippen LogP contribution in [0.1, 0.15) is 9.67 Å². The molecule has 0 radical (unpaired) electrons. The van der Waals surface area contributed by atoms with E-state index < -0.39 is 10.8 Å². The van der Waals surface area contributed by atoms with E-state index in [2.05, 4.69) is 5.32 Å². The van der Waals surface area contributed by atoms with E-state index in [4.69, 9.17) is 23.2 Å². The largest absolute Gasteiger partial charge is 0.321 e. The Bertz CT molecular complexity index is 940. The fourth-order valence-electron chi connectivity index (χ4n) is 2.12. The number of nitrogens with one attached hydrogen (secondary N) is 1. The molecule has 0 aliphatic rings. The number of halogens is 2. The Hall–Kier alpha value is -2.15. The van der Waals surface area contributed by atoms with Crippen LogP contribution in [-0.4, -0.2) is 10.8 Å². The van der Waals surface area contributed by atoms with Gasteiger partial charge in [-0.25, -0.2) is 0 Å². The van der Waals surface area contributed by atoms with Gasteiger partial charge in [0.2, 0.25) is 0 Å². The van der Waals surface area contributed by atoms with Crippen molar-refractivity contribution in [3.8, 4) is 0 Å². The summed E-state index contributed by atoms with van der Waals surface area (Å²) in [6, 6.07) is 11.3. The van der Waals surface area contributed by atoms with E-state index in [-0.39, 0.29) is 15.6 Å². The minimum atomic E-state index is -0.492. The summed E-state index contributed by atoms with van der Waals surface area (Å²) in [5.41, 5.74) is 0.446. The van der Waals surface area contributed by atoms with Gasteiger partial charge in [0.05, 0.1) is 9.95 Å². The number of non-ortho nitro benzene ring substituents is 1. The minimum Gasteiger partial charge on any atom is -0.321 e. The third-order valence-electron chi connectivity index (χ3n) is 3.12. The molecule has 5 nitrogen and oxygen atoms in total. The number of anilines is 1. The van der Waals surface area contributed by atoms with Gasteiger partial charge in [-0.15, -0.1) is 11.3 Å². The van der Waals surface area contributed by atoms with E-state index in [1.165, 1.54) is 12.1 Å². The Morgan fingerprint density at radius 3 is 2.61 bits per heavy atom. The van der Waals surface area contributed by atoms with Crippen LogP contribution >= 0.6 is 34.5 Å². The smallest absolute Gasteiger partial charge is 0.287 e. The molecule has 1 heterocycles. The van der Waals surface area contributed by atoms with Crippen LogP contribution in [0.5, 0.6) is 0 Å². The van der Waals surface area contributed by atoms with Gasteiger partial charge in [0.25, 0.3) is 11.6 Å². The lowest BCUT2D eigenvalue weighted by Gasteiger charge is -2.04. The highest BCUT2D eigenvalue weighted by Gasteiger charge is 2.22. The second-order valence-electron chi connectivity index (χ2n) is 4.62. The van der Waals surface area contributed by atoms with E-state index >= 15 is 0 Å². The van der Waals surface area contributed by atoms with Gasteiger partial charge in [-0.2, -0.15) is 0 Å². The van der Waals surface area contributed by atoms with Crippen molar-refractivity contribution in [1.29, 1.82) is 0 Å². The molecule has 8 heteroatoms. The average molecular weight is 367 g/mol. The van der Waals surface area contributed by atoms with Gasteiger partial charge < -0.3 is 5.32 Å². The number of hydrogen-bond acceptors (Lipinski definition) is 4. The number of benzene rings is 2. The van der Waals surface area contributed by atoms with Crippen LogP contribution in [0.3, 0.4) is 0 Å². The van der Waals surface area contributed by atoms with Crippen molar-refractivity contribution in [1.82, 2.24) is 0 Å². The van der Waals surface area contributed by atoms with E-state index in [0.29, 0.717) is 20.8 Å². The van der Waals surface area contributed by atoms with Crippen LogP contribution in [0.4, 0.5) is 11.4 Å². The zero-order chi connectivity index (χ0) is 16.6. The number of rotatable bonds is 3. The number of hydrogen-bond donors (Lipinski definition) is 1. The first-order valence-corrected chi connectivity index (χ1v) is 7.97. The lowest BCUT2D eigenvalue weighted by Crippen LogP contribution is -2.10. The standard InChI is InChI=1S/C15H8Cl2N2O3S/c16-8-3-1-4-9(7-8)18-15(20)14-12(17)10-5-2-6-11(19(21)22)13(10)23-14/h1-7H,(H,18,20). The van der Waals surface area contributed by atoms with Gasteiger partial charge in [-0.1, -0.05) is 41.4 Å². The summed E-state index contributed by atoms with van der Waals surface area (Å²) in [4.78, 5) is 23.2. The van der Waals surface area contributed by atoms with Crippen molar-refractivity contribution in [2.24, 2.45) is 0 Å². The van der Waals surface area contributed by atoms with Gasteiger partial charge in [0.1, 0.15) is 9.58 Å². The maximum absolute atomic E-state index is 12.4. The molecule has 116 valence electrons. The minimum absolute atomic E-state index is 0.0730. The highest BCUT2D eigenvalue weighted by Crippen LogP contribution is 2.40. The molecule has 1 N–H and O–H groups in total. The molecular weight excluding hydrogens is 359 g/mol. The highest BCUT2D eigenvalue weighted by atomic mass is 35.5. The monoisotopic (exact) mass is 366 g/mol. The number of carbonyl (C=O) groups excluding carboxylic acids is 1. The predicted octanol–water partition coefficient (Wildman–Crippen LogP) is 5.37. The van der Waals surface area contributed by atoms with Crippen LogP contribution in [0, 0.1) is 10.1 Å². The van der Waals surface area contributed by atoms with E-state index in [1.807, 2.05) is 0 Å². The first-order chi connectivity index (χ1) is 11.0. The number of nitro benzene ring substituents is 1. The average Bonchev–Trinajstić information content (AvgIpc) is 2.84. The molecule has 0 aliphatic carbocycles. The molecule has 0 spiro atoms. The van der Waals surface area contributed by atoms with Gasteiger partial charge in [-0.05, 0) is 18.2 Å². The predicted molar refractivity (Wildman–Crippen MR) is 92.9 cm³/mol. The zero-order valence-electron chi connectivity index (χ0n) is 11.4. The Balaban J connectivity index is 2.03. The second-order valence-corrected chi connectivity index (χ2v) is 6.46. The fourth-order valence-corrected chi connectivity index (χ4v) is 3.80. The van der Waals surface area contributed by atoms with Crippen molar-refractivity contribution in [2.75, 3.05) is 5.32 Å². The Labute approximate surface area is 144 Å². The van der Waals surface area contributed by atoms with E-state index in [9.17, 15) is 14.9 Å². The summed E-state index contributed by atoms with van der Waals surface area (Å²) in [5, 5.41) is 14.9. The van der Waals surface area contributed by atoms with Crippen molar-refractivity contribution in [2.45, 2.75) is 0 Å². The summed E-state index contributed by atoms with van der Waals surface area (Å²) < 4.78 is 0.374. The van der Waals surface area contributed by atoms with E-state index in [0.717, 1.165) is 11.3 Å². The first kappa shape index (κ1) is 15.7.